The van der Waals surface area contributed by atoms with Crippen molar-refractivity contribution in [3.63, 3.8) is 0 Å². The molecule has 74 valence electrons. The highest BCUT2D eigenvalue weighted by atomic mass is 19.4. The van der Waals surface area contributed by atoms with Gasteiger partial charge in [-0.3, -0.25) is 0 Å². The van der Waals surface area contributed by atoms with Gasteiger partial charge in [-0.25, -0.2) is 0 Å². The minimum Gasteiger partial charge on any atom is -0.385 e. The molecule has 0 bridgehead atoms. The highest BCUT2D eigenvalue weighted by molar-refractivity contribution is 4.71. The van der Waals surface area contributed by atoms with E-state index in [1.54, 1.807) is 0 Å². The van der Waals surface area contributed by atoms with Gasteiger partial charge in [-0.1, -0.05) is 6.92 Å². The van der Waals surface area contributed by atoms with Gasteiger partial charge in [0.1, 0.15) is 0 Å². The SMILES string of the molecule is COCCC(C)C(O)C(F)(F)F. The first-order chi connectivity index (χ1) is 5.39. The summed E-state index contributed by atoms with van der Waals surface area (Å²) in [5.74, 6) is -0.815. The van der Waals surface area contributed by atoms with Crippen LogP contribution in [0.1, 0.15) is 13.3 Å². The van der Waals surface area contributed by atoms with Gasteiger partial charge >= 0.3 is 6.18 Å². The van der Waals surface area contributed by atoms with Crippen molar-refractivity contribution in [1.29, 1.82) is 0 Å². The van der Waals surface area contributed by atoms with Crippen molar-refractivity contribution in [2.45, 2.75) is 25.6 Å². The molecule has 0 aliphatic carbocycles. The molecule has 12 heavy (non-hydrogen) atoms. The Hall–Kier alpha value is -0.290. The zero-order chi connectivity index (χ0) is 9.78. The molecule has 0 aliphatic heterocycles. The Morgan fingerprint density at radius 3 is 2.25 bits per heavy atom. The molecule has 2 unspecified atom stereocenters. The zero-order valence-electron chi connectivity index (χ0n) is 7.06. The Kier molecular flexibility index (Phi) is 4.55. The van der Waals surface area contributed by atoms with Gasteiger partial charge in [-0.05, 0) is 12.3 Å². The minimum atomic E-state index is -4.52. The molecule has 1 N–H and O–H groups in total. The predicted octanol–water partition coefficient (Wildman–Crippen LogP) is 1.58. The highest BCUT2D eigenvalue weighted by Gasteiger charge is 2.41. The van der Waals surface area contributed by atoms with E-state index in [0.717, 1.165) is 0 Å². The van der Waals surface area contributed by atoms with E-state index < -0.39 is 18.2 Å². The van der Waals surface area contributed by atoms with Crippen LogP contribution in [0.3, 0.4) is 0 Å². The number of aliphatic hydroxyl groups is 1. The summed E-state index contributed by atoms with van der Waals surface area (Å²) in [4.78, 5) is 0. The second kappa shape index (κ2) is 4.67. The molecule has 0 aromatic carbocycles. The van der Waals surface area contributed by atoms with Gasteiger partial charge in [0.25, 0.3) is 0 Å². The molecule has 0 saturated heterocycles. The lowest BCUT2D eigenvalue weighted by Crippen LogP contribution is -2.35. The van der Waals surface area contributed by atoms with Crippen molar-refractivity contribution < 1.29 is 23.0 Å². The summed E-state index contributed by atoms with van der Waals surface area (Å²) in [6, 6.07) is 0. The summed E-state index contributed by atoms with van der Waals surface area (Å²) in [5, 5.41) is 8.70. The lowest BCUT2D eigenvalue weighted by Gasteiger charge is -2.20. The summed E-state index contributed by atoms with van der Waals surface area (Å²) < 4.78 is 40.1. The maximum Gasteiger partial charge on any atom is 0.414 e. The number of hydrogen-bond acceptors (Lipinski definition) is 2. The van der Waals surface area contributed by atoms with Crippen LogP contribution in [-0.4, -0.2) is 31.1 Å². The second-order valence-electron chi connectivity index (χ2n) is 2.75. The number of alkyl halides is 3. The third kappa shape index (κ3) is 3.92. The average Bonchev–Trinajstić information content (AvgIpc) is 1.97. The van der Waals surface area contributed by atoms with Crippen molar-refractivity contribution in [1.82, 2.24) is 0 Å². The van der Waals surface area contributed by atoms with Crippen molar-refractivity contribution in [3.8, 4) is 0 Å². The van der Waals surface area contributed by atoms with Gasteiger partial charge in [0.15, 0.2) is 6.10 Å². The number of aliphatic hydroxyl groups excluding tert-OH is 1. The Morgan fingerprint density at radius 1 is 1.42 bits per heavy atom. The van der Waals surface area contributed by atoms with E-state index in [0.29, 0.717) is 0 Å². The standard InChI is InChI=1S/C7H13F3O2/c1-5(3-4-12-2)6(11)7(8,9)10/h5-6,11H,3-4H2,1-2H3. The quantitative estimate of drug-likeness (QED) is 0.722. The molecule has 2 atom stereocenters. The predicted molar refractivity (Wildman–Crippen MR) is 37.7 cm³/mol. The van der Waals surface area contributed by atoms with Crippen molar-refractivity contribution in [3.05, 3.63) is 0 Å². The largest absolute Gasteiger partial charge is 0.414 e. The molecule has 0 rings (SSSR count). The number of rotatable bonds is 4. The van der Waals surface area contributed by atoms with Crippen LogP contribution in [0.4, 0.5) is 13.2 Å². The van der Waals surface area contributed by atoms with Crippen LogP contribution in [0, 0.1) is 5.92 Å². The molecule has 0 aromatic rings. The van der Waals surface area contributed by atoms with Crippen molar-refractivity contribution in [2.75, 3.05) is 13.7 Å². The van der Waals surface area contributed by atoms with Gasteiger partial charge in [-0.2, -0.15) is 13.2 Å². The summed E-state index contributed by atoms with van der Waals surface area (Å²) in [6.45, 7) is 1.57. The zero-order valence-corrected chi connectivity index (χ0v) is 7.06. The number of ether oxygens (including phenoxy) is 1. The Morgan fingerprint density at radius 2 is 1.92 bits per heavy atom. The first kappa shape index (κ1) is 11.7. The Bertz CT molecular complexity index is 124. The van der Waals surface area contributed by atoms with Gasteiger partial charge in [0, 0.05) is 13.7 Å². The Balaban J connectivity index is 3.84. The van der Waals surface area contributed by atoms with Crippen LogP contribution < -0.4 is 0 Å². The summed E-state index contributed by atoms with van der Waals surface area (Å²) in [5.41, 5.74) is 0. The molecular weight excluding hydrogens is 173 g/mol. The molecule has 0 radical (unpaired) electrons. The molecule has 0 saturated carbocycles. The van der Waals surface area contributed by atoms with E-state index in [9.17, 15) is 13.2 Å². The van der Waals surface area contributed by atoms with Gasteiger partial charge < -0.3 is 9.84 Å². The maximum absolute atomic E-state index is 11.8. The molecule has 0 spiro atoms. The number of hydrogen-bond donors (Lipinski definition) is 1. The maximum atomic E-state index is 11.8. The van der Waals surface area contributed by atoms with Crippen LogP contribution >= 0.6 is 0 Å². The van der Waals surface area contributed by atoms with E-state index in [1.165, 1.54) is 14.0 Å². The molecule has 2 nitrogen and oxygen atoms in total. The fraction of sp³-hybridized carbons (Fsp3) is 1.00. The third-order valence-electron chi connectivity index (χ3n) is 1.65. The second-order valence-corrected chi connectivity index (χ2v) is 2.75. The van der Waals surface area contributed by atoms with Crippen molar-refractivity contribution >= 4 is 0 Å². The third-order valence-corrected chi connectivity index (χ3v) is 1.65. The van der Waals surface area contributed by atoms with Crippen molar-refractivity contribution in [2.24, 2.45) is 5.92 Å². The van der Waals surface area contributed by atoms with Gasteiger partial charge in [-0.15, -0.1) is 0 Å². The van der Waals surface area contributed by atoms with E-state index >= 15 is 0 Å². The molecule has 0 amide bonds. The number of halogens is 3. The lowest BCUT2D eigenvalue weighted by atomic mass is 10.0. The summed E-state index contributed by atoms with van der Waals surface area (Å²) in [7, 11) is 1.41. The van der Waals surface area contributed by atoms with Crippen LogP contribution in [0.2, 0.25) is 0 Å². The van der Waals surface area contributed by atoms with Gasteiger partial charge in [0.05, 0.1) is 0 Å². The van der Waals surface area contributed by atoms with Crippen LogP contribution in [0.25, 0.3) is 0 Å². The first-order valence-electron chi connectivity index (χ1n) is 3.63. The van der Waals surface area contributed by atoms with E-state index in [-0.39, 0.29) is 13.0 Å². The summed E-state index contributed by atoms with van der Waals surface area (Å²) in [6.07, 6.45) is -6.56. The van der Waals surface area contributed by atoms with E-state index in [4.69, 9.17) is 5.11 Å². The van der Waals surface area contributed by atoms with E-state index in [1.807, 2.05) is 0 Å². The molecule has 0 heterocycles. The van der Waals surface area contributed by atoms with E-state index in [2.05, 4.69) is 4.74 Å². The topological polar surface area (TPSA) is 29.5 Å². The molecule has 5 heteroatoms. The fourth-order valence-corrected chi connectivity index (χ4v) is 0.784. The first-order valence-corrected chi connectivity index (χ1v) is 3.63. The average molecular weight is 186 g/mol. The molecule has 0 fully saturated rings. The molecule has 0 aromatic heterocycles. The van der Waals surface area contributed by atoms with Crippen LogP contribution in [0.15, 0.2) is 0 Å². The molecule has 0 aliphatic rings. The minimum absolute atomic E-state index is 0.206. The lowest BCUT2D eigenvalue weighted by molar-refractivity contribution is -0.218. The normalized spacial score (nSPS) is 17.5. The highest BCUT2D eigenvalue weighted by Crippen LogP contribution is 2.26. The molecular formula is C7H13F3O2. The fourth-order valence-electron chi connectivity index (χ4n) is 0.784. The monoisotopic (exact) mass is 186 g/mol. The van der Waals surface area contributed by atoms with Crippen LogP contribution in [0.5, 0.6) is 0 Å². The Labute approximate surface area is 69.3 Å². The van der Waals surface area contributed by atoms with Gasteiger partial charge in [0.2, 0.25) is 0 Å². The van der Waals surface area contributed by atoms with Crippen LogP contribution in [-0.2, 0) is 4.74 Å². The smallest absolute Gasteiger partial charge is 0.385 e. The number of methoxy groups -OCH3 is 1. The summed E-state index contributed by atoms with van der Waals surface area (Å²) >= 11 is 0.